The molecule has 0 bridgehead atoms. The van der Waals surface area contributed by atoms with Crippen LogP contribution in [0.4, 0.5) is 13.2 Å². The van der Waals surface area contributed by atoms with E-state index in [1.54, 1.807) is 6.92 Å². The van der Waals surface area contributed by atoms with E-state index < -0.39 is 29.7 Å². The fourth-order valence-corrected chi connectivity index (χ4v) is 2.08. The number of hydrogen-bond acceptors (Lipinski definition) is 4. The predicted molar refractivity (Wildman–Crippen MR) is 75.4 cm³/mol. The summed E-state index contributed by atoms with van der Waals surface area (Å²) in [5.41, 5.74) is -0.621. The number of Topliss-reactive ketones (excluding diaryl/α,β-unsaturated/α-hetero) is 1. The maximum absolute atomic E-state index is 12.6. The van der Waals surface area contributed by atoms with Crippen molar-refractivity contribution in [2.45, 2.75) is 39.0 Å². The van der Waals surface area contributed by atoms with Crippen LogP contribution in [0.1, 0.15) is 43.9 Å². The Morgan fingerprint density at radius 3 is 2.17 bits per heavy atom. The van der Waals surface area contributed by atoms with Crippen LogP contribution in [0, 0.1) is 5.92 Å². The summed E-state index contributed by atoms with van der Waals surface area (Å²) in [6.45, 7) is 2.75. The van der Waals surface area contributed by atoms with Crippen LogP contribution in [-0.2, 0) is 25.3 Å². The van der Waals surface area contributed by atoms with Gasteiger partial charge < -0.3 is 9.53 Å². The first-order chi connectivity index (χ1) is 10.7. The Morgan fingerprint density at radius 2 is 1.78 bits per heavy atom. The molecule has 1 aromatic rings. The van der Waals surface area contributed by atoms with Crippen LogP contribution in [0.15, 0.2) is 24.3 Å². The molecule has 0 amide bonds. The second kappa shape index (κ2) is 7.89. The molecule has 0 fully saturated rings. The van der Waals surface area contributed by atoms with Gasteiger partial charge in [-0.05, 0) is 17.7 Å². The molecule has 0 aliphatic heterocycles. The van der Waals surface area contributed by atoms with Crippen molar-refractivity contribution in [2.75, 3.05) is 0 Å². The van der Waals surface area contributed by atoms with Crippen LogP contribution in [0.5, 0.6) is 0 Å². The smallest absolute Gasteiger partial charge is 0.416 e. The summed E-state index contributed by atoms with van der Waals surface area (Å²) < 4.78 is 42.8. The fourth-order valence-electron chi connectivity index (χ4n) is 2.08. The largest absolute Gasteiger partial charge is 0.457 e. The summed E-state index contributed by atoms with van der Waals surface area (Å²) in [5.74, 6) is -1.83. The predicted octanol–water partition coefficient (Wildman–Crippen LogP) is 3.49. The number of ketones is 1. The van der Waals surface area contributed by atoms with Gasteiger partial charge in [-0.15, -0.1) is 0 Å². The van der Waals surface area contributed by atoms with E-state index in [2.05, 4.69) is 0 Å². The standard InChI is InChI=1S/C16H17F3O4/c1-3-14(22)8-12(9-20)15(23-10(2)21)11-4-6-13(7-5-11)16(17,18)19/h4-7,9,12,15H,3,8H2,1-2H3. The molecule has 0 aromatic heterocycles. The molecule has 0 saturated heterocycles. The molecule has 0 saturated carbocycles. The van der Waals surface area contributed by atoms with Gasteiger partial charge in [0.2, 0.25) is 0 Å². The average Bonchev–Trinajstić information content (AvgIpc) is 2.49. The minimum atomic E-state index is -4.49. The SMILES string of the molecule is CCC(=O)CC(C=O)C(OC(C)=O)c1ccc(C(F)(F)F)cc1. The lowest BCUT2D eigenvalue weighted by Crippen LogP contribution is -2.22. The molecule has 126 valence electrons. The summed E-state index contributed by atoms with van der Waals surface area (Å²) in [7, 11) is 0. The number of benzene rings is 1. The lowest BCUT2D eigenvalue weighted by molar-refractivity contribution is -0.151. The number of esters is 1. The quantitative estimate of drug-likeness (QED) is 0.567. The summed E-state index contributed by atoms with van der Waals surface area (Å²) >= 11 is 0. The monoisotopic (exact) mass is 330 g/mol. The maximum atomic E-state index is 12.6. The number of carbonyl (C=O) groups excluding carboxylic acids is 3. The molecule has 1 aromatic carbocycles. The fraction of sp³-hybridized carbons (Fsp3) is 0.438. The van der Waals surface area contributed by atoms with Gasteiger partial charge in [0, 0.05) is 19.8 Å². The molecule has 2 atom stereocenters. The minimum Gasteiger partial charge on any atom is -0.457 e. The molecule has 0 radical (unpaired) electrons. The highest BCUT2D eigenvalue weighted by Crippen LogP contribution is 2.33. The molecule has 0 aliphatic rings. The Balaban J connectivity index is 3.12. The Kier molecular flexibility index (Phi) is 6.48. The van der Waals surface area contributed by atoms with Crippen LogP contribution in [0.3, 0.4) is 0 Å². The van der Waals surface area contributed by atoms with Gasteiger partial charge in [-0.25, -0.2) is 0 Å². The number of aldehydes is 1. The third-order valence-electron chi connectivity index (χ3n) is 3.28. The third kappa shape index (κ3) is 5.50. The first-order valence-corrected chi connectivity index (χ1v) is 7.00. The van der Waals surface area contributed by atoms with Crippen LogP contribution in [-0.4, -0.2) is 18.0 Å². The molecule has 7 heteroatoms. The van der Waals surface area contributed by atoms with Gasteiger partial charge in [0.15, 0.2) is 0 Å². The highest BCUT2D eigenvalue weighted by molar-refractivity contribution is 5.81. The van der Waals surface area contributed by atoms with E-state index in [-0.39, 0.29) is 24.2 Å². The van der Waals surface area contributed by atoms with Gasteiger partial charge in [-0.3, -0.25) is 9.59 Å². The van der Waals surface area contributed by atoms with E-state index >= 15 is 0 Å². The van der Waals surface area contributed by atoms with Crippen molar-refractivity contribution in [2.24, 2.45) is 5.92 Å². The molecule has 4 nitrogen and oxygen atoms in total. The van der Waals surface area contributed by atoms with Gasteiger partial charge in [0.05, 0.1) is 11.5 Å². The van der Waals surface area contributed by atoms with E-state index in [9.17, 15) is 27.6 Å². The molecule has 23 heavy (non-hydrogen) atoms. The third-order valence-corrected chi connectivity index (χ3v) is 3.28. The maximum Gasteiger partial charge on any atom is 0.416 e. The normalized spacial score (nSPS) is 14.0. The summed E-state index contributed by atoms with van der Waals surface area (Å²) in [5, 5.41) is 0. The lowest BCUT2D eigenvalue weighted by Gasteiger charge is -2.23. The number of rotatable bonds is 7. The highest BCUT2D eigenvalue weighted by Gasteiger charge is 2.32. The lowest BCUT2D eigenvalue weighted by atomic mass is 9.91. The summed E-state index contributed by atoms with van der Waals surface area (Å²) in [4.78, 5) is 34.0. The average molecular weight is 330 g/mol. The second-order valence-corrected chi connectivity index (χ2v) is 5.05. The van der Waals surface area contributed by atoms with Crippen molar-refractivity contribution < 1.29 is 32.3 Å². The molecule has 1 rings (SSSR count). The van der Waals surface area contributed by atoms with Gasteiger partial charge in [0.1, 0.15) is 18.2 Å². The molecule has 0 N–H and O–H groups in total. The molecule has 0 aliphatic carbocycles. The Labute approximate surface area is 131 Å². The number of carbonyl (C=O) groups is 3. The van der Waals surface area contributed by atoms with E-state index in [0.717, 1.165) is 31.2 Å². The topological polar surface area (TPSA) is 60.4 Å². The molecule has 2 unspecified atom stereocenters. The van der Waals surface area contributed by atoms with E-state index in [1.165, 1.54) is 0 Å². The van der Waals surface area contributed by atoms with Crippen molar-refractivity contribution in [3.05, 3.63) is 35.4 Å². The van der Waals surface area contributed by atoms with Gasteiger partial charge in [-0.2, -0.15) is 13.2 Å². The van der Waals surface area contributed by atoms with Gasteiger partial charge in [0.25, 0.3) is 0 Å². The van der Waals surface area contributed by atoms with Crippen molar-refractivity contribution in [3.63, 3.8) is 0 Å². The first-order valence-electron chi connectivity index (χ1n) is 7.00. The molecular weight excluding hydrogens is 313 g/mol. The highest BCUT2D eigenvalue weighted by atomic mass is 19.4. The first kappa shape index (κ1) is 18.9. The van der Waals surface area contributed by atoms with Crippen LogP contribution in [0.2, 0.25) is 0 Å². The summed E-state index contributed by atoms with van der Waals surface area (Å²) in [6.07, 6.45) is -5.03. The minimum absolute atomic E-state index is 0.140. The zero-order valence-corrected chi connectivity index (χ0v) is 12.7. The van der Waals surface area contributed by atoms with Crippen LogP contribution < -0.4 is 0 Å². The molecule has 0 spiro atoms. The van der Waals surface area contributed by atoms with Crippen LogP contribution >= 0.6 is 0 Å². The number of hydrogen-bond donors (Lipinski definition) is 0. The zero-order chi connectivity index (χ0) is 17.6. The second-order valence-electron chi connectivity index (χ2n) is 5.05. The van der Waals surface area contributed by atoms with Crippen molar-refractivity contribution in [1.29, 1.82) is 0 Å². The van der Waals surface area contributed by atoms with Crippen molar-refractivity contribution in [1.82, 2.24) is 0 Å². The molecule has 0 heterocycles. The van der Waals surface area contributed by atoms with E-state index in [1.807, 2.05) is 0 Å². The molecular formula is C16H17F3O4. The Morgan fingerprint density at radius 1 is 1.22 bits per heavy atom. The number of alkyl halides is 3. The Bertz CT molecular complexity index is 564. The Hall–Kier alpha value is -2.18. The van der Waals surface area contributed by atoms with E-state index in [4.69, 9.17) is 4.74 Å². The van der Waals surface area contributed by atoms with Gasteiger partial charge >= 0.3 is 12.1 Å². The van der Waals surface area contributed by atoms with Crippen molar-refractivity contribution >= 4 is 18.0 Å². The van der Waals surface area contributed by atoms with Gasteiger partial charge in [-0.1, -0.05) is 19.1 Å². The van der Waals surface area contributed by atoms with E-state index in [0.29, 0.717) is 6.29 Å². The number of ether oxygens (including phenoxy) is 1. The van der Waals surface area contributed by atoms with Crippen molar-refractivity contribution in [3.8, 4) is 0 Å². The number of halogens is 3. The summed E-state index contributed by atoms with van der Waals surface area (Å²) in [6, 6.07) is 3.97. The zero-order valence-electron chi connectivity index (χ0n) is 12.7. The van der Waals surface area contributed by atoms with Crippen LogP contribution in [0.25, 0.3) is 0 Å².